The summed E-state index contributed by atoms with van der Waals surface area (Å²) in [6.07, 6.45) is 8.09. The number of nitrogens with two attached hydrogens (primary N) is 4. The molecule has 0 spiro atoms. The zero-order valence-electron chi connectivity index (χ0n) is 65.2. The molecule has 0 bridgehead atoms. The van der Waals surface area contributed by atoms with Crippen molar-refractivity contribution >= 4 is 114 Å². The van der Waals surface area contributed by atoms with Crippen LogP contribution >= 0.6 is 0 Å². The number of carbonyl (C=O) groups is 11. The minimum absolute atomic E-state index is 0.0609. The maximum absolute atomic E-state index is 12.8. The van der Waals surface area contributed by atoms with Crippen molar-refractivity contribution in [1.29, 1.82) is 0 Å². The van der Waals surface area contributed by atoms with Gasteiger partial charge in [-0.2, -0.15) is 0 Å². The summed E-state index contributed by atoms with van der Waals surface area (Å²) in [4.78, 5) is 137. The number of hydrogen-bond acceptors (Lipinski definition) is 15. The molecule has 0 fully saturated rings. The number of rotatable bonds is 33. The number of fused-ring (bicyclic) bond motifs is 4. The number of aliphatic carboxylic acids is 1. The van der Waals surface area contributed by atoms with Gasteiger partial charge in [0.25, 0.3) is 46.8 Å². The molecule has 0 saturated heterocycles. The number of benzene rings is 8. The highest BCUT2D eigenvalue weighted by Crippen LogP contribution is 2.37. The quantitative estimate of drug-likeness (QED) is 0.00423. The number of aryl methyl sites for hydroxylation is 3. The molecule has 4 amide bonds. The van der Waals surface area contributed by atoms with Crippen LogP contribution in [0, 0.1) is 0 Å². The van der Waals surface area contributed by atoms with Crippen LogP contribution in [0.2, 0.25) is 0 Å². The number of esters is 2. The lowest BCUT2D eigenvalue weighted by Crippen LogP contribution is -2.24. The van der Waals surface area contributed by atoms with E-state index >= 15 is 0 Å². The molecular formula is C91H94N8O16. The second kappa shape index (κ2) is 40.7. The summed E-state index contributed by atoms with van der Waals surface area (Å²) in [7, 11) is 2.64. The van der Waals surface area contributed by atoms with E-state index in [9.17, 15) is 52.7 Å². The van der Waals surface area contributed by atoms with Gasteiger partial charge in [-0.3, -0.25) is 53.2 Å². The zero-order chi connectivity index (χ0) is 83.0. The number of aromatic nitrogens is 4. The van der Waals surface area contributed by atoms with Gasteiger partial charge >= 0.3 is 17.9 Å². The molecule has 0 aliphatic heterocycles. The predicted molar refractivity (Wildman–Crippen MR) is 440 cm³/mol. The first kappa shape index (κ1) is 85.5. The van der Waals surface area contributed by atoms with Gasteiger partial charge in [-0.15, -0.1) is 0 Å². The largest absolute Gasteiger partial charge is 0.481 e. The van der Waals surface area contributed by atoms with Crippen molar-refractivity contribution in [3.05, 3.63) is 290 Å². The standard InChI is InChI=1S/C23H24N2O4.C23H22N2O4.C23H26N2O4.C22H22N2O4/c2*1-3-17-21(22(27)23(24)28)20-16(12-13-19(26)29-2)10-7-11-18(20)25(17)14-15-8-5-4-6-9-15;1-2-18-21(22(26)23(24)27)20-17(11-6-7-14-29-28)12-8-13-19(20)25(18)15-16-9-4-3-5-10-16;1-2-16-20(21(27)22(23)28)19-15(11-12-18(25)26)9-6-10-17(19)24(16)13-14-7-4-3-5-8-14/h4-11H,3,12-14H2,1-2H3,(H2,24,28);4-13H,3,14H2,1-2H3,(H2,24,28);3-5,8-10,12-13,28H,2,6-7,11,14-15H2,1H3,(H2,24,27);3-10H,2,11-13H2,1H3,(H2,23,28)(H,25,26)/b;13-12+;;. The molecule has 0 aliphatic carbocycles. The van der Waals surface area contributed by atoms with Crippen LogP contribution in [0.4, 0.5) is 0 Å². The number of hydrogen-bond donors (Lipinski definition) is 6. The maximum Gasteiger partial charge on any atom is 0.330 e. The number of primary amides is 4. The lowest BCUT2D eigenvalue weighted by atomic mass is 9.97. The summed E-state index contributed by atoms with van der Waals surface area (Å²) < 4.78 is 17.6. The summed E-state index contributed by atoms with van der Waals surface area (Å²) in [5, 5.41) is 20.3. The lowest BCUT2D eigenvalue weighted by molar-refractivity contribution is -0.242. The van der Waals surface area contributed by atoms with Crippen LogP contribution in [-0.2, 0) is 119 Å². The highest BCUT2D eigenvalue weighted by Gasteiger charge is 2.31. The molecule has 115 heavy (non-hydrogen) atoms. The summed E-state index contributed by atoms with van der Waals surface area (Å²) in [5.41, 5.74) is 36.7. The Morgan fingerprint density at radius 2 is 0.670 bits per heavy atom. The molecule has 0 radical (unpaired) electrons. The number of amides is 4. The highest BCUT2D eigenvalue weighted by atomic mass is 17.1. The van der Waals surface area contributed by atoms with E-state index in [1.165, 1.54) is 20.3 Å². The molecule has 10 N–H and O–H groups in total. The third-order valence-electron chi connectivity index (χ3n) is 19.9. The molecule has 12 rings (SSSR count). The van der Waals surface area contributed by atoms with E-state index < -0.39 is 58.7 Å². The molecular weight excluding hydrogens is 1460 g/mol. The van der Waals surface area contributed by atoms with Crippen molar-refractivity contribution in [2.75, 3.05) is 20.8 Å². The van der Waals surface area contributed by atoms with E-state index in [-0.39, 0.29) is 37.4 Å². The smallest absolute Gasteiger partial charge is 0.330 e. The van der Waals surface area contributed by atoms with Crippen molar-refractivity contribution in [2.24, 2.45) is 22.9 Å². The van der Waals surface area contributed by atoms with Crippen LogP contribution in [-0.4, -0.2) is 114 Å². The predicted octanol–water partition coefficient (Wildman–Crippen LogP) is 12.8. The van der Waals surface area contributed by atoms with E-state index in [1.54, 1.807) is 18.2 Å². The fraction of sp³-hybridized carbons (Fsp3) is 0.242. The molecule has 594 valence electrons. The van der Waals surface area contributed by atoms with E-state index in [0.717, 1.165) is 95.6 Å². The number of unbranched alkanes of at least 4 members (excludes halogenated alkanes) is 1. The molecule has 24 heteroatoms. The van der Waals surface area contributed by atoms with Crippen LogP contribution in [0.1, 0.15) is 162 Å². The van der Waals surface area contributed by atoms with Crippen LogP contribution in [0.25, 0.3) is 49.7 Å². The van der Waals surface area contributed by atoms with Crippen molar-refractivity contribution < 1.29 is 77.5 Å². The Morgan fingerprint density at radius 1 is 0.365 bits per heavy atom. The number of ketones is 4. The van der Waals surface area contributed by atoms with Gasteiger partial charge in [0.15, 0.2) is 0 Å². The first-order chi connectivity index (χ1) is 55.5. The molecule has 4 heterocycles. The van der Waals surface area contributed by atoms with Gasteiger partial charge in [-0.25, -0.2) is 9.68 Å². The Bertz CT molecular complexity index is 5620. The van der Waals surface area contributed by atoms with E-state index in [0.29, 0.717) is 110 Å². The van der Waals surface area contributed by atoms with Gasteiger partial charge in [0.2, 0.25) is 0 Å². The summed E-state index contributed by atoms with van der Waals surface area (Å²) in [5.74, 6) is -8.54. The molecule has 0 unspecified atom stereocenters. The molecule has 0 saturated carbocycles. The average molecular weight is 1560 g/mol. The topological polar surface area (TPSA) is 380 Å². The SMILES string of the molecule is CCc1c(C(=O)C(N)=O)c2c(/C=C/C(=O)OC)cccc2n1Cc1ccccc1.CCc1c(C(=O)C(N)=O)c2c(CCC(=O)O)cccc2n1Cc1ccccc1.CCc1c(C(=O)C(N)=O)c2c(CCC(=O)OC)cccc2n1Cc1ccccc1.CCc1c(C(=O)C(N)=O)c2c(CCCCOO)cccc2n1Cc1ccccc1. The van der Waals surface area contributed by atoms with Crippen LogP contribution in [0.5, 0.6) is 0 Å². The van der Waals surface area contributed by atoms with Crippen molar-refractivity contribution in [1.82, 2.24) is 18.3 Å². The second-order valence-corrected chi connectivity index (χ2v) is 27.1. The number of ether oxygens (including phenoxy) is 2. The first-order valence-electron chi connectivity index (χ1n) is 37.8. The Hall–Kier alpha value is -13.5. The fourth-order valence-corrected chi connectivity index (χ4v) is 14.8. The van der Waals surface area contributed by atoms with Gasteiger partial charge in [0.05, 0.1) is 43.1 Å². The molecule has 0 atom stereocenters. The highest BCUT2D eigenvalue weighted by molar-refractivity contribution is 6.47. The number of carboxylic acid groups (broad SMARTS) is 1. The number of methoxy groups -OCH3 is 2. The summed E-state index contributed by atoms with van der Waals surface area (Å²) in [6, 6.07) is 62.3. The second-order valence-electron chi connectivity index (χ2n) is 27.1. The van der Waals surface area contributed by atoms with Crippen molar-refractivity contribution in [3.63, 3.8) is 0 Å². The Kier molecular flexibility index (Phi) is 30.2. The van der Waals surface area contributed by atoms with Gasteiger partial charge in [0.1, 0.15) is 0 Å². The number of nitrogens with zero attached hydrogens (tertiary/aromatic N) is 4. The Balaban J connectivity index is 0.000000175. The molecule has 24 nitrogen and oxygen atoms in total. The molecule has 0 aliphatic rings. The first-order valence-corrected chi connectivity index (χ1v) is 37.8. The summed E-state index contributed by atoms with van der Waals surface area (Å²) >= 11 is 0. The summed E-state index contributed by atoms with van der Waals surface area (Å²) in [6.45, 7) is 10.3. The molecule has 8 aromatic carbocycles. The maximum atomic E-state index is 12.8. The van der Waals surface area contributed by atoms with Gasteiger partial charge in [-0.1, -0.05) is 198 Å². The number of Topliss-reactive ketones (excluding diaryl/α,β-unsaturated/α-hetero) is 4. The van der Waals surface area contributed by atoms with Crippen molar-refractivity contribution in [3.8, 4) is 0 Å². The van der Waals surface area contributed by atoms with Crippen LogP contribution < -0.4 is 22.9 Å². The van der Waals surface area contributed by atoms with E-state index in [1.807, 2.05) is 219 Å². The van der Waals surface area contributed by atoms with Gasteiger partial charge in [-0.05, 0) is 133 Å². The lowest BCUT2D eigenvalue weighted by Gasteiger charge is -2.11. The minimum atomic E-state index is -1.01. The number of carboxylic acids is 1. The molecule has 12 aromatic rings. The van der Waals surface area contributed by atoms with Crippen LogP contribution in [0.15, 0.2) is 200 Å². The third kappa shape index (κ3) is 20.3. The molecule has 4 aromatic heterocycles. The Morgan fingerprint density at radius 3 is 0.965 bits per heavy atom. The van der Waals surface area contributed by atoms with Crippen LogP contribution in [0.3, 0.4) is 0 Å². The third-order valence-corrected chi connectivity index (χ3v) is 19.9. The van der Waals surface area contributed by atoms with Crippen molar-refractivity contribution in [2.45, 2.75) is 125 Å². The Labute approximate surface area is 664 Å². The fourth-order valence-electron chi connectivity index (χ4n) is 14.8. The average Bonchev–Trinajstić information content (AvgIpc) is 1.62. The van der Waals surface area contributed by atoms with E-state index in [2.05, 4.69) is 18.8 Å². The van der Waals surface area contributed by atoms with Gasteiger partial charge < -0.3 is 55.8 Å². The van der Waals surface area contributed by atoms with E-state index in [4.69, 9.17) is 38.0 Å². The minimum Gasteiger partial charge on any atom is -0.481 e. The monoisotopic (exact) mass is 1550 g/mol. The normalized spacial score (nSPS) is 11.0. The zero-order valence-corrected chi connectivity index (χ0v) is 65.2. The van der Waals surface area contributed by atoms with Gasteiger partial charge in [0, 0.05) is 111 Å². The number of carbonyl (C=O) groups excluding carboxylic acids is 10.